The second-order valence-electron chi connectivity index (χ2n) is 6.86. The number of halogens is 1. The third kappa shape index (κ3) is 6.53. The quantitative estimate of drug-likeness (QED) is 0.437. The van der Waals surface area contributed by atoms with E-state index in [1.54, 1.807) is 18.2 Å². The van der Waals surface area contributed by atoms with Crippen molar-refractivity contribution in [1.29, 1.82) is 0 Å². The number of carbonyl (C=O) groups excluding carboxylic acids is 2. The Hall–Kier alpha value is -3.92. The first-order valence-electron chi connectivity index (χ1n) is 9.97. The third-order valence-corrected chi connectivity index (χ3v) is 5.87. The summed E-state index contributed by atoms with van der Waals surface area (Å²) in [5.74, 6) is -1.15. The molecule has 0 aliphatic rings. The third-order valence-electron chi connectivity index (χ3n) is 4.47. The van der Waals surface area contributed by atoms with Gasteiger partial charge in [-0.1, -0.05) is 18.2 Å². The van der Waals surface area contributed by atoms with E-state index in [0.29, 0.717) is 12.4 Å². The van der Waals surface area contributed by atoms with Gasteiger partial charge in [0.15, 0.2) is 0 Å². The van der Waals surface area contributed by atoms with Gasteiger partial charge in [0, 0.05) is 11.3 Å². The Balaban J connectivity index is 1.56. The zero-order chi connectivity index (χ0) is 23.8. The largest absolute Gasteiger partial charge is 0.494 e. The summed E-state index contributed by atoms with van der Waals surface area (Å²) in [4.78, 5) is 24.2. The average Bonchev–Trinajstić information content (AvgIpc) is 2.80. The number of hydrazine groups is 1. The highest BCUT2D eigenvalue weighted by molar-refractivity contribution is 7.92. The van der Waals surface area contributed by atoms with E-state index >= 15 is 0 Å². The van der Waals surface area contributed by atoms with Crippen molar-refractivity contribution in [3.05, 3.63) is 89.7 Å². The highest BCUT2D eigenvalue weighted by Gasteiger charge is 2.15. The molecule has 0 radical (unpaired) electrons. The predicted octanol–water partition coefficient (Wildman–Crippen LogP) is 3.03. The fraction of sp³-hybridized carbons (Fsp3) is 0.130. The molecule has 3 N–H and O–H groups in total. The zero-order valence-electron chi connectivity index (χ0n) is 17.7. The van der Waals surface area contributed by atoms with Crippen molar-refractivity contribution in [2.75, 3.05) is 11.3 Å². The molecule has 0 heterocycles. The van der Waals surface area contributed by atoms with Gasteiger partial charge in [0.25, 0.3) is 15.9 Å². The summed E-state index contributed by atoms with van der Waals surface area (Å²) in [6, 6.07) is 17.5. The molecule has 3 aromatic carbocycles. The van der Waals surface area contributed by atoms with E-state index in [1.807, 2.05) is 6.92 Å². The number of anilines is 1. The van der Waals surface area contributed by atoms with Crippen LogP contribution in [0, 0.1) is 5.82 Å². The van der Waals surface area contributed by atoms with Crippen LogP contribution >= 0.6 is 0 Å². The lowest BCUT2D eigenvalue weighted by Gasteiger charge is -2.10. The summed E-state index contributed by atoms with van der Waals surface area (Å²) < 4.78 is 46.4. The van der Waals surface area contributed by atoms with E-state index in [9.17, 15) is 22.4 Å². The smallest absolute Gasteiger partial charge is 0.269 e. The minimum atomic E-state index is -3.83. The Bertz CT molecular complexity index is 1230. The zero-order valence-corrected chi connectivity index (χ0v) is 18.5. The molecule has 0 fully saturated rings. The van der Waals surface area contributed by atoms with Gasteiger partial charge in [0.2, 0.25) is 5.91 Å². The minimum absolute atomic E-state index is 0.0605. The van der Waals surface area contributed by atoms with Crippen LogP contribution in [0.3, 0.4) is 0 Å². The summed E-state index contributed by atoms with van der Waals surface area (Å²) in [6.45, 7) is 2.30. The second kappa shape index (κ2) is 10.6. The van der Waals surface area contributed by atoms with E-state index < -0.39 is 27.7 Å². The number of benzene rings is 3. The van der Waals surface area contributed by atoms with E-state index in [-0.39, 0.29) is 28.1 Å². The first-order chi connectivity index (χ1) is 15.8. The second-order valence-corrected chi connectivity index (χ2v) is 8.54. The maximum Gasteiger partial charge on any atom is 0.269 e. The molecule has 2 amide bonds. The molecule has 0 spiro atoms. The molecule has 3 aromatic rings. The standard InChI is InChI=1S/C23H22FN3O5S/c1-2-32-19-11-13-20(14-12-19)33(30,31)27-18-9-7-16(8-10-18)23(29)26-25-22(28)15-17-5-3-4-6-21(17)24/h3-14,27H,2,15H2,1H3,(H,25,28)(H,26,29). The molecule has 0 atom stereocenters. The number of nitrogens with one attached hydrogen (secondary N) is 3. The lowest BCUT2D eigenvalue weighted by atomic mass is 10.1. The molecule has 0 bridgehead atoms. The van der Waals surface area contributed by atoms with Crippen molar-refractivity contribution in [3.8, 4) is 5.75 Å². The van der Waals surface area contributed by atoms with Crippen molar-refractivity contribution < 1.29 is 27.1 Å². The van der Waals surface area contributed by atoms with Crippen molar-refractivity contribution in [1.82, 2.24) is 10.9 Å². The number of amides is 2. The molecule has 0 aliphatic heterocycles. The molecule has 10 heteroatoms. The van der Waals surface area contributed by atoms with Crippen molar-refractivity contribution >= 4 is 27.5 Å². The van der Waals surface area contributed by atoms with Gasteiger partial charge in [-0.3, -0.25) is 25.2 Å². The topological polar surface area (TPSA) is 114 Å². The fourth-order valence-electron chi connectivity index (χ4n) is 2.84. The molecule has 33 heavy (non-hydrogen) atoms. The van der Waals surface area contributed by atoms with Gasteiger partial charge in [-0.2, -0.15) is 0 Å². The Morgan fingerprint density at radius 3 is 2.21 bits per heavy atom. The maximum atomic E-state index is 13.6. The van der Waals surface area contributed by atoms with Crippen molar-refractivity contribution in [2.24, 2.45) is 0 Å². The van der Waals surface area contributed by atoms with Crippen LogP contribution in [-0.2, 0) is 21.2 Å². The number of sulfonamides is 1. The molecule has 0 aliphatic carbocycles. The first kappa shape index (κ1) is 23.7. The van der Waals surface area contributed by atoms with E-state index in [2.05, 4.69) is 15.6 Å². The highest BCUT2D eigenvalue weighted by Crippen LogP contribution is 2.19. The van der Waals surface area contributed by atoms with Gasteiger partial charge < -0.3 is 4.74 Å². The van der Waals surface area contributed by atoms with Crippen LogP contribution in [0.5, 0.6) is 5.75 Å². The van der Waals surface area contributed by atoms with E-state index in [1.165, 1.54) is 54.6 Å². The van der Waals surface area contributed by atoms with Gasteiger partial charge in [-0.15, -0.1) is 0 Å². The first-order valence-corrected chi connectivity index (χ1v) is 11.4. The van der Waals surface area contributed by atoms with Crippen LogP contribution in [0.4, 0.5) is 10.1 Å². The van der Waals surface area contributed by atoms with Crippen LogP contribution < -0.4 is 20.3 Å². The lowest BCUT2D eigenvalue weighted by Crippen LogP contribution is -2.42. The van der Waals surface area contributed by atoms with Gasteiger partial charge in [-0.25, -0.2) is 12.8 Å². The van der Waals surface area contributed by atoms with Crippen LogP contribution in [0.25, 0.3) is 0 Å². The number of hydrogen-bond donors (Lipinski definition) is 3. The van der Waals surface area contributed by atoms with E-state index in [0.717, 1.165) is 0 Å². The number of hydrogen-bond acceptors (Lipinski definition) is 5. The van der Waals surface area contributed by atoms with E-state index in [4.69, 9.17) is 4.74 Å². The van der Waals surface area contributed by atoms with Crippen LogP contribution in [-0.4, -0.2) is 26.8 Å². The van der Waals surface area contributed by atoms with Crippen LogP contribution in [0.1, 0.15) is 22.8 Å². The van der Waals surface area contributed by atoms with Gasteiger partial charge in [0.1, 0.15) is 11.6 Å². The lowest BCUT2D eigenvalue weighted by molar-refractivity contribution is -0.121. The summed E-state index contributed by atoms with van der Waals surface area (Å²) in [5.41, 5.74) is 5.10. The summed E-state index contributed by atoms with van der Waals surface area (Å²) >= 11 is 0. The van der Waals surface area contributed by atoms with Gasteiger partial charge in [0.05, 0.1) is 17.9 Å². The molecule has 8 nitrogen and oxygen atoms in total. The Kier molecular flexibility index (Phi) is 7.62. The molecule has 172 valence electrons. The monoisotopic (exact) mass is 471 g/mol. The summed E-state index contributed by atoms with van der Waals surface area (Å²) in [6.07, 6.45) is -0.237. The molecule has 0 saturated carbocycles. The number of rotatable bonds is 8. The number of carbonyl (C=O) groups is 2. The van der Waals surface area contributed by atoms with Crippen LogP contribution in [0.15, 0.2) is 77.7 Å². The SMILES string of the molecule is CCOc1ccc(S(=O)(=O)Nc2ccc(C(=O)NNC(=O)Cc3ccccc3F)cc2)cc1. The van der Waals surface area contributed by atoms with Gasteiger partial charge in [-0.05, 0) is 67.1 Å². The van der Waals surface area contributed by atoms with Crippen molar-refractivity contribution in [3.63, 3.8) is 0 Å². The molecule has 0 unspecified atom stereocenters. The molecule has 0 saturated heterocycles. The van der Waals surface area contributed by atoms with Crippen molar-refractivity contribution in [2.45, 2.75) is 18.2 Å². The predicted molar refractivity (Wildman–Crippen MR) is 121 cm³/mol. The minimum Gasteiger partial charge on any atom is -0.494 e. The Labute approximate surface area is 190 Å². The van der Waals surface area contributed by atoms with Gasteiger partial charge >= 0.3 is 0 Å². The molecule has 3 rings (SSSR count). The average molecular weight is 472 g/mol. The Morgan fingerprint density at radius 1 is 0.909 bits per heavy atom. The summed E-state index contributed by atoms with van der Waals surface area (Å²) in [5, 5.41) is 0. The molecule has 0 aromatic heterocycles. The van der Waals surface area contributed by atoms with Crippen LogP contribution in [0.2, 0.25) is 0 Å². The number of ether oxygens (including phenoxy) is 1. The highest BCUT2D eigenvalue weighted by atomic mass is 32.2. The maximum absolute atomic E-state index is 13.6. The molecular weight excluding hydrogens is 449 g/mol. The summed E-state index contributed by atoms with van der Waals surface area (Å²) in [7, 11) is -3.83. The fourth-order valence-corrected chi connectivity index (χ4v) is 3.90. The normalized spacial score (nSPS) is 10.8. The molecular formula is C23H22FN3O5S. The Morgan fingerprint density at radius 2 is 1.58 bits per heavy atom.